The van der Waals surface area contributed by atoms with Crippen molar-refractivity contribution in [3.8, 4) is 0 Å². The molecule has 1 amide bonds. The summed E-state index contributed by atoms with van der Waals surface area (Å²) in [5, 5.41) is 2.67. The van der Waals surface area contributed by atoms with Crippen LogP contribution in [0.15, 0.2) is 72.0 Å². The molecule has 0 aliphatic carbocycles. The summed E-state index contributed by atoms with van der Waals surface area (Å²) in [6, 6.07) is 14.2. The molecule has 24 heavy (non-hydrogen) atoms. The number of anilines is 1. The van der Waals surface area contributed by atoms with E-state index in [0.717, 1.165) is 11.1 Å². The van der Waals surface area contributed by atoms with Crippen LogP contribution in [-0.2, 0) is 9.53 Å². The first-order valence-corrected chi connectivity index (χ1v) is 7.63. The highest BCUT2D eigenvalue weighted by Gasteiger charge is 2.29. The normalized spacial score (nSPS) is 19.2. The first-order valence-electron chi connectivity index (χ1n) is 7.63. The monoisotopic (exact) mass is 319 g/mol. The number of rotatable bonds is 2. The molecule has 4 rings (SSSR count). The Labute approximate surface area is 138 Å². The zero-order chi connectivity index (χ0) is 16.5. The van der Waals surface area contributed by atoms with Gasteiger partial charge in [-0.2, -0.15) is 0 Å². The number of amides is 1. The smallest absolute Gasteiger partial charge is 0.260 e. The first-order chi connectivity index (χ1) is 11.7. The van der Waals surface area contributed by atoms with Gasteiger partial charge in [-0.15, -0.1) is 0 Å². The van der Waals surface area contributed by atoms with Gasteiger partial charge in [0.25, 0.3) is 5.91 Å². The molecular weight excluding hydrogens is 305 g/mol. The number of benzene rings is 2. The molecule has 0 radical (unpaired) electrons. The molecule has 2 aromatic carbocycles. The van der Waals surface area contributed by atoms with Crippen molar-refractivity contribution in [3.05, 3.63) is 89.0 Å². The molecule has 2 aliphatic rings. The fraction of sp³-hybridized carbons (Fsp3) is 0.0500. The average molecular weight is 319 g/mol. The summed E-state index contributed by atoms with van der Waals surface area (Å²) in [6.45, 7) is 0.409. The molecular formula is C20H14FNO2. The highest BCUT2D eigenvalue weighted by molar-refractivity contribution is 6.32. The molecule has 4 heteroatoms. The van der Waals surface area contributed by atoms with E-state index in [0.29, 0.717) is 29.2 Å². The van der Waals surface area contributed by atoms with Gasteiger partial charge in [0.05, 0.1) is 11.3 Å². The number of carbonyl (C=O) groups is 1. The van der Waals surface area contributed by atoms with Crippen LogP contribution in [0.3, 0.4) is 0 Å². The largest absolute Gasteiger partial charge is 0.488 e. The van der Waals surface area contributed by atoms with Gasteiger partial charge in [-0.3, -0.25) is 4.79 Å². The third kappa shape index (κ3) is 2.63. The minimum absolute atomic E-state index is 0.268. The van der Waals surface area contributed by atoms with Crippen LogP contribution in [0.2, 0.25) is 0 Å². The lowest BCUT2D eigenvalue weighted by molar-refractivity contribution is -0.110. The maximum Gasteiger partial charge on any atom is 0.260 e. The molecule has 0 aromatic heterocycles. The van der Waals surface area contributed by atoms with Crippen molar-refractivity contribution in [2.24, 2.45) is 0 Å². The van der Waals surface area contributed by atoms with Gasteiger partial charge < -0.3 is 10.1 Å². The number of ether oxygens (including phenoxy) is 1. The highest BCUT2D eigenvalue weighted by atomic mass is 19.1. The summed E-state index contributed by atoms with van der Waals surface area (Å²) in [5.74, 6) is -0.129. The highest BCUT2D eigenvalue weighted by Crippen LogP contribution is 2.36. The van der Waals surface area contributed by atoms with Crippen LogP contribution in [0.25, 0.3) is 11.6 Å². The van der Waals surface area contributed by atoms with E-state index in [9.17, 15) is 9.18 Å². The van der Waals surface area contributed by atoms with E-state index in [2.05, 4.69) is 5.32 Å². The number of fused-ring (bicyclic) bond motifs is 1. The minimum Gasteiger partial charge on any atom is -0.488 e. The zero-order valence-corrected chi connectivity index (χ0v) is 12.8. The van der Waals surface area contributed by atoms with Gasteiger partial charge in [0, 0.05) is 5.56 Å². The van der Waals surface area contributed by atoms with Crippen LogP contribution in [-0.4, -0.2) is 12.5 Å². The topological polar surface area (TPSA) is 38.3 Å². The summed E-state index contributed by atoms with van der Waals surface area (Å²) in [6.07, 6.45) is 5.83. The van der Waals surface area contributed by atoms with E-state index in [1.54, 1.807) is 6.07 Å². The van der Waals surface area contributed by atoms with Crippen molar-refractivity contribution in [1.29, 1.82) is 0 Å². The SMILES string of the molecule is O=C1Nc2cc(F)ccc2C1=C1C=C(C=Cc2ccccc2)CO1. The molecule has 118 valence electrons. The predicted molar refractivity (Wildman–Crippen MR) is 91.5 cm³/mol. The maximum absolute atomic E-state index is 13.3. The Morgan fingerprint density at radius 1 is 1.08 bits per heavy atom. The fourth-order valence-electron chi connectivity index (χ4n) is 2.81. The van der Waals surface area contributed by atoms with Crippen molar-refractivity contribution in [2.45, 2.75) is 0 Å². The molecule has 0 bridgehead atoms. The van der Waals surface area contributed by atoms with Crippen LogP contribution in [0.4, 0.5) is 10.1 Å². The Kier molecular flexibility index (Phi) is 3.50. The Balaban J connectivity index is 1.66. The number of nitrogens with one attached hydrogen (secondary N) is 1. The van der Waals surface area contributed by atoms with Crippen molar-refractivity contribution < 1.29 is 13.9 Å². The second-order valence-electron chi connectivity index (χ2n) is 5.64. The van der Waals surface area contributed by atoms with Gasteiger partial charge >= 0.3 is 0 Å². The second-order valence-corrected chi connectivity index (χ2v) is 5.64. The fourth-order valence-corrected chi connectivity index (χ4v) is 2.81. The van der Waals surface area contributed by atoms with Gasteiger partial charge in [-0.05, 0) is 35.4 Å². The summed E-state index contributed by atoms with van der Waals surface area (Å²) in [5.41, 5.74) is 3.67. The molecule has 3 nitrogen and oxygen atoms in total. The van der Waals surface area contributed by atoms with Gasteiger partial charge in [0.15, 0.2) is 0 Å². The molecule has 1 N–H and O–H groups in total. The molecule has 0 atom stereocenters. The van der Waals surface area contributed by atoms with E-state index < -0.39 is 0 Å². The number of hydrogen-bond donors (Lipinski definition) is 1. The standard InChI is InChI=1S/C20H14FNO2/c21-15-8-9-16-17(11-15)22-20(23)19(16)18-10-14(12-24-18)7-6-13-4-2-1-3-5-13/h1-11H,12H2,(H,22,23). The number of carbonyl (C=O) groups excluding carboxylic acids is 1. The van der Waals surface area contributed by atoms with Gasteiger partial charge in [0.1, 0.15) is 18.2 Å². The van der Waals surface area contributed by atoms with E-state index in [4.69, 9.17) is 4.74 Å². The lowest BCUT2D eigenvalue weighted by atomic mass is 10.1. The van der Waals surface area contributed by atoms with Gasteiger partial charge in [-0.25, -0.2) is 4.39 Å². The summed E-state index contributed by atoms with van der Waals surface area (Å²) < 4.78 is 19.0. The molecule has 2 heterocycles. The summed E-state index contributed by atoms with van der Waals surface area (Å²) in [4.78, 5) is 12.2. The van der Waals surface area contributed by atoms with E-state index in [1.165, 1.54) is 12.1 Å². The average Bonchev–Trinajstić information content (AvgIpc) is 3.16. The third-order valence-electron chi connectivity index (χ3n) is 3.97. The lowest BCUT2D eigenvalue weighted by Crippen LogP contribution is -2.05. The van der Waals surface area contributed by atoms with E-state index in [-0.39, 0.29) is 11.7 Å². The Bertz CT molecular complexity index is 910. The quantitative estimate of drug-likeness (QED) is 0.844. The molecule has 0 fully saturated rings. The van der Waals surface area contributed by atoms with Crippen LogP contribution >= 0.6 is 0 Å². The van der Waals surface area contributed by atoms with Gasteiger partial charge in [0.2, 0.25) is 0 Å². The van der Waals surface area contributed by atoms with Crippen molar-refractivity contribution in [3.63, 3.8) is 0 Å². The van der Waals surface area contributed by atoms with Crippen LogP contribution in [0.1, 0.15) is 11.1 Å². The third-order valence-corrected chi connectivity index (χ3v) is 3.97. The maximum atomic E-state index is 13.3. The van der Waals surface area contributed by atoms with Crippen LogP contribution < -0.4 is 5.32 Å². The summed E-state index contributed by atoms with van der Waals surface area (Å²) >= 11 is 0. The first kappa shape index (κ1) is 14.5. The summed E-state index contributed by atoms with van der Waals surface area (Å²) in [7, 11) is 0. The molecule has 0 spiro atoms. The van der Waals surface area contributed by atoms with Crippen LogP contribution in [0, 0.1) is 5.82 Å². The van der Waals surface area contributed by atoms with E-state index >= 15 is 0 Å². The number of hydrogen-bond acceptors (Lipinski definition) is 2. The predicted octanol–water partition coefficient (Wildman–Crippen LogP) is 4.16. The van der Waals surface area contributed by atoms with Gasteiger partial charge in [-0.1, -0.05) is 42.5 Å². The van der Waals surface area contributed by atoms with Crippen molar-refractivity contribution in [1.82, 2.24) is 0 Å². The molecule has 0 unspecified atom stereocenters. The second kappa shape index (κ2) is 5.81. The van der Waals surface area contributed by atoms with E-state index in [1.807, 2.05) is 48.6 Å². The molecule has 0 saturated carbocycles. The molecule has 2 aliphatic heterocycles. The van der Waals surface area contributed by atoms with Crippen LogP contribution in [0.5, 0.6) is 0 Å². The number of halogens is 1. The minimum atomic E-state index is -0.380. The Morgan fingerprint density at radius 2 is 1.92 bits per heavy atom. The van der Waals surface area contributed by atoms with Crippen molar-refractivity contribution in [2.75, 3.05) is 11.9 Å². The number of allylic oxidation sites excluding steroid dienone is 1. The zero-order valence-electron chi connectivity index (χ0n) is 12.8. The van der Waals surface area contributed by atoms with Crippen molar-refractivity contribution >= 4 is 23.2 Å². The lowest BCUT2D eigenvalue weighted by Gasteiger charge is -2.02. The molecule has 0 saturated heterocycles. The Hall–Kier alpha value is -3.14. The molecule has 2 aromatic rings. The Morgan fingerprint density at radius 3 is 2.75 bits per heavy atom.